The number of esters is 1. The van der Waals surface area contributed by atoms with E-state index in [9.17, 15) is 14.4 Å². The topological polar surface area (TPSA) is 88.3 Å². The van der Waals surface area contributed by atoms with Crippen molar-refractivity contribution in [2.75, 3.05) is 0 Å². The number of para-hydroxylation sites is 1. The van der Waals surface area contributed by atoms with E-state index in [0.717, 1.165) is 19.3 Å². The van der Waals surface area contributed by atoms with E-state index in [1.165, 1.54) is 12.5 Å². The normalized spacial score (nSPS) is 21.2. The molecule has 0 aliphatic heterocycles. The molecule has 0 unspecified atom stereocenters. The fourth-order valence-electron chi connectivity index (χ4n) is 3.48. The van der Waals surface area contributed by atoms with E-state index in [4.69, 9.17) is 4.74 Å². The van der Waals surface area contributed by atoms with Crippen molar-refractivity contribution in [1.29, 1.82) is 0 Å². The maximum Gasteiger partial charge on any atom is 0.339 e. The molecule has 6 heteroatoms. The SMILES string of the molecule is C[C@@H](OC(=O)c1cc(=O)[nH]c2ccccc12)C(=O)N[C@H]1CCCC[C@@H]1C. The Morgan fingerprint density at radius 3 is 2.73 bits per heavy atom. The molecule has 0 saturated heterocycles. The third-order valence-electron chi connectivity index (χ3n) is 5.06. The van der Waals surface area contributed by atoms with Crippen LogP contribution in [0.2, 0.25) is 0 Å². The first-order valence-corrected chi connectivity index (χ1v) is 9.09. The van der Waals surface area contributed by atoms with Gasteiger partial charge in [-0.3, -0.25) is 9.59 Å². The number of nitrogens with one attached hydrogen (secondary N) is 2. The zero-order valence-corrected chi connectivity index (χ0v) is 15.1. The van der Waals surface area contributed by atoms with Crippen LogP contribution in [0.5, 0.6) is 0 Å². The summed E-state index contributed by atoms with van der Waals surface area (Å²) in [5.74, 6) is -0.551. The van der Waals surface area contributed by atoms with Crippen LogP contribution >= 0.6 is 0 Å². The second-order valence-electron chi connectivity index (χ2n) is 7.02. The minimum absolute atomic E-state index is 0.123. The van der Waals surface area contributed by atoms with Crippen LogP contribution in [0.15, 0.2) is 35.1 Å². The number of amides is 1. The highest BCUT2D eigenvalue weighted by Gasteiger charge is 2.27. The van der Waals surface area contributed by atoms with Crippen molar-refractivity contribution in [3.05, 3.63) is 46.2 Å². The molecular formula is C20H24N2O4. The van der Waals surface area contributed by atoms with Crippen molar-refractivity contribution in [1.82, 2.24) is 10.3 Å². The van der Waals surface area contributed by atoms with E-state index in [0.29, 0.717) is 16.8 Å². The van der Waals surface area contributed by atoms with Gasteiger partial charge in [0.25, 0.3) is 5.91 Å². The van der Waals surface area contributed by atoms with Crippen LogP contribution < -0.4 is 10.9 Å². The summed E-state index contributed by atoms with van der Waals surface area (Å²) >= 11 is 0. The number of pyridine rings is 1. The quantitative estimate of drug-likeness (QED) is 0.825. The van der Waals surface area contributed by atoms with Crippen LogP contribution in [0, 0.1) is 5.92 Å². The van der Waals surface area contributed by atoms with Crippen LogP contribution in [0.3, 0.4) is 0 Å². The van der Waals surface area contributed by atoms with Crippen molar-refractivity contribution in [3.63, 3.8) is 0 Å². The summed E-state index contributed by atoms with van der Waals surface area (Å²) < 4.78 is 5.33. The van der Waals surface area contributed by atoms with E-state index in [-0.39, 0.29) is 23.1 Å². The van der Waals surface area contributed by atoms with Crippen LogP contribution in [0.4, 0.5) is 0 Å². The van der Waals surface area contributed by atoms with Crippen LogP contribution in [0.1, 0.15) is 49.9 Å². The Labute approximate surface area is 151 Å². The van der Waals surface area contributed by atoms with Crippen molar-refractivity contribution in [2.24, 2.45) is 5.92 Å². The Bertz CT molecular complexity index is 873. The molecule has 1 aromatic carbocycles. The number of hydrogen-bond donors (Lipinski definition) is 2. The van der Waals surface area contributed by atoms with Gasteiger partial charge in [-0.1, -0.05) is 38.0 Å². The lowest BCUT2D eigenvalue weighted by molar-refractivity contribution is -0.130. The number of hydrogen-bond acceptors (Lipinski definition) is 4. The predicted octanol–water partition coefficient (Wildman–Crippen LogP) is 2.77. The molecule has 3 atom stereocenters. The molecule has 138 valence electrons. The highest BCUT2D eigenvalue weighted by molar-refractivity contribution is 6.03. The number of fused-ring (bicyclic) bond motifs is 1. The van der Waals surface area contributed by atoms with E-state index in [1.54, 1.807) is 31.2 Å². The van der Waals surface area contributed by atoms with Crippen molar-refractivity contribution in [2.45, 2.75) is 51.7 Å². The summed E-state index contributed by atoms with van der Waals surface area (Å²) in [4.78, 5) is 39.4. The number of ether oxygens (including phenoxy) is 1. The second kappa shape index (κ2) is 7.72. The molecule has 1 heterocycles. The standard InChI is InChI=1S/C20H24N2O4/c1-12-7-3-5-9-16(12)22-19(24)13(2)26-20(25)15-11-18(23)21-17-10-6-4-8-14(15)17/h4,6,8,10-13,16H,3,5,7,9H2,1-2H3,(H,21,23)(H,22,24)/t12-,13+,16-/m0/s1. The maximum absolute atomic E-state index is 12.5. The maximum atomic E-state index is 12.5. The van der Waals surface area contributed by atoms with Gasteiger partial charge in [-0.05, 0) is 31.7 Å². The molecule has 26 heavy (non-hydrogen) atoms. The first-order valence-electron chi connectivity index (χ1n) is 9.09. The average molecular weight is 356 g/mol. The van der Waals surface area contributed by atoms with Gasteiger partial charge in [-0.15, -0.1) is 0 Å². The van der Waals surface area contributed by atoms with E-state index >= 15 is 0 Å². The van der Waals surface area contributed by atoms with E-state index in [1.807, 2.05) is 0 Å². The molecule has 1 aromatic heterocycles. The smallest absolute Gasteiger partial charge is 0.339 e. The Balaban J connectivity index is 1.71. The summed E-state index contributed by atoms with van der Waals surface area (Å²) in [6.07, 6.45) is 3.41. The summed E-state index contributed by atoms with van der Waals surface area (Å²) in [6.45, 7) is 3.68. The largest absolute Gasteiger partial charge is 0.449 e. The number of H-pyrrole nitrogens is 1. The van der Waals surface area contributed by atoms with Crippen molar-refractivity contribution >= 4 is 22.8 Å². The van der Waals surface area contributed by atoms with Gasteiger partial charge in [-0.25, -0.2) is 4.79 Å². The minimum atomic E-state index is -0.922. The molecule has 2 N–H and O–H groups in total. The molecule has 3 rings (SSSR count). The summed E-state index contributed by atoms with van der Waals surface area (Å²) in [5.41, 5.74) is 0.332. The highest BCUT2D eigenvalue weighted by Crippen LogP contribution is 2.24. The van der Waals surface area contributed by atoms with Gasteiger partial charge in [-0.2, -0.15) is 0 Å². The first-order chi connectivity index (χ1) is 12.5. The lowest BCUT2D eigenvalue weighted by atomic mass is 9.86. The zero-order chi connectivity index (χ0) is 18.7. The molecule has 1 aliphatic rings. The number of benzene rings is 1. The van der Waals surface area contributed by atoms with Gasteiger partial charge >= 0.3 is 5.97 Å². The number of aromatic amines is 1. The predicted molar refractivity (Wildman–Crippen MR) is 99.0 cm³/mol. The van der Waals surface area contributed by atoms with E-state index in [2.05, 4.69) is 17.2 Å². The molecule has 1 amide bonds. The molecular weight excluding hydrogens is 332 g/mol. The number of aromatic nitrogens is 1. The fraction of sp³-hybridized carbons (Fsp3) is 0.450. The Kier molecular flexibility index (Phi) is 5.40. The fourth-order valence-corrected chi connectivity index (χ4v) is 3.48. The molecule has 2 aromatic rings. The lowest BCUT2D eigenvalue weighted by Crippen LogP contribution is -2.46. The number of rotatable bonds is 4. The Morgan fingerprint density at radius 2 is 1.96 bits per heavy atom. The number of carbonyl (C=O) groups is 2. The Hall–Kier alpha value is -2.63. The molecule has 1 fully saturated rings. The molecule has 0 radical (unpaired) electrons. The molecule has 1 aliphatic carbocycles. The van der Waals surface area contributed by atoms with Crippen molar-refractivity contribution in [3.8, 4) is 0 Å². The first kappa shape index (κ1) is 18.2. The van der Waals surface area contributed by atoms with Crippen LogP contribution in [-0.4, -0.2) is 29.0 Å². The Morgan fingerprint density at radius 1 is 1.23 bits per heavy atom. The summed E-state index contributed by atoms with van der Waals surface area (Å²) in [7, 11) is 0. The van der Waals surface area contributed by atoms with Gasteiger partial charge in [0.05, 0.1) is 5.56 Å². The van der Waals surface area contributed by atoms with Crippen molar-refractivity contribution < 1.29 is 14.3 Å². The van der Waals surface area contributed by atoms with Gasteiger partial charge in [0, 0.05) is 23.0 Å². The monoisotopic (exact) mass is 356 g/mol. The second-order valence-corrected chi connectivity index (χ2v) is 7.02. The minimum Gasteiger partial charge on any atom is -0.449 e. The number of carbonyl (C=O) groups excluding carboxylic acids is 2. The summed E-state index contributed by atoms with van der Waals surface area (Å²) in [5, 5.41) is 3.58. The van der Waals surface area contributed by atoms with Gasteiger partial charge in [0.15, 0.2) is 6.10 Å². The highest BCUT2D eigenvalue weighted by atomic mass is 16.5. The zero-order valence-electron chi connectivity index (χ0n) is 15.1. The average Bonchev–Trinajstić information content (AvgIpc) is 2.62. The molecule has 0 bridgehead atoms. The van der Waals surface area contributed by atoms with Crippen LogP contribution in [0.25, 0.3) is 10.9 Å². The van der Waals surface area contributed by atoms with Crippen LogP contribution in [-0.2, 0) is 9.53 Å². The lowest BCUT2D eigenvalue weighted by Gasteiger charge is -2.30. The van der Waals surface area contributed by atoms with Gasteiger partial charge < -0.3 is 15.0 Å². The molecule has 1 saturated carbocycles. The third-order valence-corrected chi connectivity index (χ3v) is 5.06. The molecule has 0 spiro atoms. The van der Waals surface area contributed by atoms with Gasteiger partial charge in [0.1, 0.15) is 0 Å². The van der Waals surface area contributed by atoms with E-state index < -0.39 is 12.1 Å². The molecule has 6 nitrogen and oxygen atoms in total. The third kappa shape index (κ3) is 3.95. The van der Waals surface area contributed by atoms with Gasteiger partial charge in [0.2, 0.25) is 5.56 Å². The summed E-state index contributed by atoms with van der Waals surface area (Å²) in [6, 6.07) is 8.33.